The van der Waals surface area contributed by atoms with Crippen molar-refractivity contribution in [1.29, 1.82) is 0 Å². The van der Waals surface area contributed by atoms with Crippen LogP contribution in [0.15, 0.2) is 42.5 Å². The number of benzene rings is 2. The first-order valence-electron chi connectivity index (χ1n) is 12.6. The lowest BCUT2D eigenvalue weighted by Crippen LogP contribution is -2.53. The smallest absolute Gasteiger partial charge is 0.416 e. The number of aliphatic hydroxyl groups excluding tert-OH is 1. The van der Waals surface area contributed by atoms with Crippen molar-refractivity contribution >= 4 is 23.4 Å². The van der Waals surface area contributed by atoms with Crippen molar-refractivity contribution in [3.05, 3.63) is 59.4 Å². The fraction of sp³-hybridized carbons (Fsp3) is 0.423. The Bertz CT molecular complexity index is 1180. The highest BCUT2D eigenvalue weighted by atomic mass is 19.4. The molecule has 9 N–H and O–H groups in total. The molecule has 3 amide bonds. The first-order valence-corrected chi connectivity index (χ1v) is 12.6. The predicted octanol–water partition coefficient (Wildman–Crippen LogP) is 0.864. The Morgan fingerprint density at radius 1 is 1.02 bits per heavy atom. The molecule has 0 aliphatic rings. The van der Waals surface area contributed by atoms with Crippen LogP contribution in [0.2, 0.25) is 0 Å². The van der Waals surface area contributed by atoms with Crippen LogP contribution in [0.4, 0.5) is 23.2 Å². The van der Waals surface area contributed by atoms with Crippen molar-refractivity contribution in [3.8, 4) is 5.75 Å². The molecule has 0 heterocycles. The van der Waals surface area contributed by atoms with E-state index in [2.05, 4.69) is 10.6 Å². The van der Waals surface area contributed by atoms with Gasteiger partial charge in [-0.25, -0.2) is 4.39 Å². The lowest BCUT2D eigenvalue weighted by atomic mass is 9.99. The minimum atomic E-state index is -4.65. The van der Waals surface area contributed by atoms with Crippen LogP contribution in [0.5, 0.6) is 5.75 Å². The Balaban J connectivity index is 2.30. The van der Waals surface area contributed by atoms with Gasteiger partial charge in [0.1, 0.15) is 23.7 Å². The number of carbonyl (C=O) groups excluding carboxylic acids is 3. The van der Waals surface area contributed by atoms with Gasteiger partial charge in [0.25, 0.3) is 0 Å². The average Bonchev–Trinajstić information content (AvgIpc) is 2.92. The standard InChI is InChI=1S/C26H34F4N6O5/c1-2-41-17-7-8-20(18(27)13-17)34-25(40)22(23(38)15-3-5-16(6-4-15)26(28,29)30)35-24(39)19(33)14-21(37)36(11-9-31)12-10-32/h3-8,13,19,22-23,38H,2,9-12,14,31-33H2,1H3,(H,34,40)(H,35,39)/t19-,22-,23+/m0/s1. The highest BCUT2D eigenvalue weighted by Gasteiger charge is 2.34. The molecular weight excluding hydrogens is 552 g/mol. The second-order valence-electron chi connectivity index (χ2n) is 8.88. The average molecular weight is 587 g/mol. The van der Waals surface area contributed by atoms with E-state index in [1.165, 1.54) is 17.0 Å². The van der Waals surface area contributed by atoms with E-state index in [9.17, 15) is 37.1 Å². The largest absolute Gasteiger partial charge is 0.494 e. The second kappa shape index (κ2) is 15.3. The van der Waals surface area contributed by atoms with Crippen LogP contribution in [0, 0.1) is 5.82 Å². The minimum Gasteiger partial charge on any atom is -0.494 e. The number of rotatable bonds is 14. The molecule has 0 fully saturated rings. The lowest BCUT2D eigenvalue weighted by Gasteiger charge is -2.26. The van der Waals surface area contributed by atoms with Crippen molar-refractivity contribution in [2.75, 3.05) is 38.1 Å². The van der Waals surface area contributed by atoms with Gasteiger partial charge < -0.3 is 42.6 Å². The molecule has 0 aromatic heterocycles. The molecule has 0 bridgehead atoms. The first kappa shape index (κ1) is 33.4. The maximum Gasteiger partial charge on any atom is 0.416 e. The third kappa shape index (κ3) is 9.67. The normalized spacial score (nSPS) is 13.6. The molecule has 0 spiro atoms. The zero-order valence-corrected chi connectivity index (χ0v) is 22.3. The molecule has 0 saturated heterocycles. The number of aliphatic hydroxyl groups is 1. The number of hydrogen-bond acceptors (Lipinski definition) is 8. The lowest BCUT2D eigenvalue weighted by molar-refractivity contribution is -0.137. The third-order valence-corrected chi connectivity index (χ3v) is 5.87. The van der Waals surface area contributed by atoms with Crippen molar-refractivity contribution in [2.45, 2.75) is 37.7 Å². The summed E-state index contributed by atoms with van der Waals surface area (Å²) in [5, 5.41) is 15.4. The summed E-state index contributed by atoms with van der Waals surface area (Å²) in [6.07, 6.45) is -7.04. The van der Waals surface area contributed by atoms with Gasteiger partial charge in [-0.05, 0) is 36.8 Å². The molecule has 2 aromatic carbocycles. The van der Waals surface area contributed by atoms with Crippen LogP contribution in [-0.4, -0.2) is 72.6 Å². The van der Waals surface area contributed by atoms with Crippen molar-refractivity contribution in [2.24, 2.45) is 17.2 Å². The number of carbonyl (C=O) groups is 3. The van der Waals surface area contributed by atoms with E-state index >= 15 is 0 Å². The summed E-state index contributed by atoms with van der Waals surface area (Å²) in [6.45, 7) is 2.55. The molecule has 2 rings (SSSR count). The molecule has 0 saturated carbocycles. The van der Waals surface area contributed by atoms with E-state index in [0.29, 0.717) is 12.1 Å². The number of anilines is 1. The Labute approximate surface area is 234 Å². The molecule has 0 radical (unpaired) electrons. The number of nitrogens with one attached hydrogen (secondary N) is 2. The second-order valence-corrected chi connectivity index (χ2v) is 8.88. The van der Waals surface area contributed by atoms with Crippen molar-refractivity contribution in [3.63, 3.8) is 0 Å². The fourth-order valence-electron chi connectivity index (χ4n) is 3.76. The highest BCUT2D eigenvalue weighted by Crippen LogP contribution is 2.30. The Hall–Kier alpha value is -3.79. The molecule has 41 heavy (non-hydrogen) atoms. The summed E-state index contributed by atoms with van der Waals surface area (Å²) in [5.41, 5.74) is 15.4. The summed E-state index contributed by atoms with van der Waals surface area (Å²) in [6, 6.07) is 3.47. The number of nitrogens with zero attached hydrogens (tertiary/aromatic N) is 1. The van der Waals surface area contributed by atoms with E-state index in [0.717, 1.165) is 18.2 Å². The zero-order valence-electron chi connectivity index (χ0n) is 22.3. The van der Waals surface area contributed by atoms with Gasteiger partial charge >= 0.3 is 6.18 Å². The van der Waals surface area contributed by atoms with Crippen LogP contribution in [-0.2, 0) is 20.6 Å². The van der Waals surface area contributed by atoms with E-state index in [-0.39, 0.29) is 49.8 Å². The van der Waals surface area contributed by atoms with E-state index in [1.54, 1.807) is 6.92 Å². The summed E-state index contributed by atoms with van der Waals surface area (Å²) in [4.78, 5) is 39.9. The molecular formula is C26H34F4N6O5. The van der Waals surface area contributed by atoms with Gasteiger partial charge in [0.05, 0.1) is 30.3 Å². The maximum atomic E-state index is 14.6. The predicted molar refractivity (Wildman–Crippen MR) is 142 cm³/mol. The summed E-state index contributed by atoms with van der Waals surface area (Å²) >= 11 is 0. The molecule has 2 aromatic rings. The van der Waals surface area contributed by atoms with Crippen LogP contribution in [0.1, 0.15) is 30.6 Å². The van der Waals surface area contributed by atoms with Gasteiger partial charge in [-0.15, -0.1) is 0 Å². The number of halogens is 4. The topological polar surface area (TPSA) is 186 Å². The molecule has 15 heteroatoms. The molecule has 3 atom stereocenters. The van der Waals surface area contributed by atoms with Gasteiger partial charge in [-0.3, -0.25) is 14.4 Å². The molecule has 226 valence electrons. The number of amides is 3. The Kier molecular flexibility index (Phi) is 12.5. The number of hydrogen-bond donors (Lipinski definition) is 6. The monoisotopic (exact) mass is 586 g/mol. The number of ether oxygens (including phenoxy) is 1. The Morgan fingerprint density at radius 3 is 2.15 bits per heavy atom. The fourth-order valence-corrected chi connectivity index (χ4v) is 3.76. The molecule has 0 aliphatic carbocycles. The SMILES string of the molecule is CCOc1ccc(NC(=O)[C@@H](NC(=O)[C@@H](N)CC(=O)N(CCN)CCN)[C@H](O)c2ccc(C(F)(F)F)cc2)c(F)c1. The van der Waals surface area contributed by atoms with Crippen LogP contribution in [0.25, 0.3) is 0 Å². The van der Waals surface area contributed by atoms with Gasteiger partial charge in [-0.1, -0.05) is 12.1 Å². The quantitative estimate of drug-likeness (QED) is 0.176. The minimum absolute atomic E-state index is 0.136. The van der Waals surface area contributed by atoms with Crippen LogP contribution < -0.4 is 32.6 Å². The molecule has 11 nitrogen and oxygen atoms in total. The molecule has 0 unspecified atom stereocenters. The third-order valence-electron chi connectivity index (χ3n) is 5.87. The summed E-state index contributed by atoms with van der Waals surface area (Å²) < 4.78 is 58.8. The summed E-state index contributed by atoms with van der Waals surface area (Å²) in [7, 11) is 0. The van der Waals surface area contributed by atoms with Crippen LogP contribution >= 0.6 is 0 Å². The number of nitrogens with two attached hydrogens (primary N) is 3. The van der Waals surface area contributed by atoms with Gasteiger partial charge in [0.15, 0.2) is 0 Å². The van der Waals surface area contributed by atoms with Gasteiger partial charge in [-0.2, -0.15) is 13.2 Å². The maximum absolute atomic E-state index is 14.6. The van der Waals surface area contributed by atoms with Crippen LogP contribution in [0.3, 0.4) is 0 Å². The van der Waals surface area contributed by atoms with Gasteiger partial charge in [0.2, 0.25) is 17.7 Å². The summed E-state index contributed by atoms with van der Waals surface area (Å²) in [5.74, 6) is -3.38. The van der Waals surface area contributed by atoms with E-state index in [4.69, 9.17) is 21.9 Å². The zero-order chi connectivity index (χ0) is 30.7. The van der Waals surface area contributed by atoms with E-state index < -0.39 is 59.9 Å². The first-order chi connectivity index (χ1) is 19.3. The molecule has 0 aliphatic heterocycles. The van der Waals surface area contributed by atoms with Crippen molar-refractivity contribution < 1.29 is 41.8 Å². The van der Waals surface area contributed by atoms with Gasteiger partial charge in [0, 0.05) is 32.2 Å². The highest BCUT2D eigenvalue weighted by molar-refractivity contribution is 5.99. The Morgan fingerprint density at radius 2 is 1.63 bits per heavy atom. The van der Waals surface area contributed by atoms with Crippen molar-refractivity contribution in [1.82, 2.24) is 10.2 Å². The van der Waals surface area contributed by atoms with E-state index in [1.807, 2.05) is 0 Å². The number of alkyl halides is 3.